The van der Waals surface area contributed by atoms with Crippen LogP contribution in [0.3, 0.4) is 0 Å². The summed E-state index contributed by atoms with van der Waals surface area (Å²) in [6, 6.07) is 14.5. The van der Waals surface area contributed by atoms with Crippen molar-refractivity contribution in [3.05, 3.63) is 77.9 Å². The molecule has 2 aromatic heterocycles. The van der Waals surface area contributed by atoms with Crippen LogP contribution in [0.15, 0.2) is 61.1 Å². The Bertz CT molecular complexity index is 1580. The molecular formula is C29H33N9O3S. The Balaban J connectivity index is 1.30. The number of aromatic nitrogens is 3. The number of urea groups is 1. The number of hydrogen-bond donors (Lipinski definition) is 3. The van der Waals surface area contributed by atoms with Gasteiger partial charge in [0.05, 0.1) is 29.6 Å². The highest BCUT2D eigenvalue weighted by molar-refractivity contribution is 7.22. The number of nitrogens with zero attached hydrogens (tertiary/aromatic N) is 6. The van der Waals surface area contributed by atoms with Crippen molar-refractivity contribution in [3.8, 4) is 0 Å². The number of nitrogen functional groups attached to an aromatic ring is 1. The minimum Gasteiger partial charge on any atom is -0.375 e. The van der Waals surface area contributed by atoms with Crippen molar-refractivity contribution in [2.75, 3.05) is 25.4 Å². The maximum atomic E-state index is 14.0. The lowest BCUT2D eigenvalue weighted by molar-refractivity contribution is -0.157. The fraction of sp³-hybridized carbons (Fsp3) is 0.345. The van der Waals surface area contributed by atoms with Gasteiger partial charge in [0.25, 0.3) is 0 Å². The van der Waals surface area contributed by atoms with Crippen LogP contribution in [0.25, 0.3) is 10.2 Å². The van der Waals surface area contributed by atoms with E-state index < -0.39 is 12.2 Å². The minimum absolute atomic E-state index is 0.00220. The first-order valence-corrected chi connectivity index (χ1v) is 14.8. The maximum absolute atomic E-state index is 14.0. The van der Waals surface area contributed by atoms with Crippen LogP contribution in [0, 0.1) is 0 Å². The van der Waals surface area contributed by atoms with E-state index in [1.54, 1.807) is 27.3 Å². The Hall–Kier alpha value is -4.49. The van der Waals surface area contributed by atoms with E-state index in [0.717, 1.165) is 27.0 Å². The van der Waals surface area contributed by atoms with E-state index >= 15 is 0 Å². The number of imidazole rings is 1. The molecule has 0 spiro atoms. The molecule has 2 fully saturated rings. The van der Waals surface area contributed by atoms with Crippen molar-refractivity contribution in [1.82, 2.24) is 40.1 Å². The molecule has 4 heterocycles. The zero-order valence-corrected chi connectivity index (χ0v) is 24.1. The number of nitrogens with two attached hydrogens (primary N) is 1. The first kappa shape index (κ1) is 27.7. The molecule has 2 aliphatic rings. The van der Waals surface area contributed by atoms with Crippen LogP contribution in [-0.2, 0) is 29.1 Å². The third-order valence-corrected chi connectivity index (χ3v) is 8.53. The summed E-state index contributed by atoms with van der Waals surface area (Å²) in [5, 5.41) is 6.90. The van der Waals surface area contributed by atoms with Gasteiger partial charge >= 0.3 is 6.03 Å². The number of rotatable bonds is 9. The van der Waals surface area contributed by atoms with Crippen molar-refractivity contribution in [1.29, 1.82) is 0 Å². The third-order valence-electron chi connectivity index (χ3n) is 7.68. The normalized spacial score (nSPS) is 19.0. The van der Waals surface area contributed by atoms with E-state index in [0.29, 0.717) is 31.2 Å². The van der Waals surface area contributed by atoms with Gasteiger partial charge in [-0.25, -0.2) is 14.8 Å². The van der Waals surface area contributed by atoms with E-state index in [2.05, 4.69) is 20.3 Å². The number of H-pyrrole nitrogens is 1. The number of nitrogens with one attached hydrogen (secondary N) is 2. The SMILES string of the molecule is CCCN(C(=O)NCc1ccccc1)N1CC(=O)N2[C@@H](Cc3cnc[nH]3)C(=O)N(Cc3cccc4sc(N)nc34)C[C@@H]21. The van der Waals surface area contributed by atoms with Crippen LogP contribution >= 0.6 is 11.3 Å². The largest absolute Gasteiger partial charge is 0.375 e. The molecule has 6 rings (SSSR count). The molecule has 4 N–H and O–H groups in total. The molecule has 42 heavy (non-hydrogen) atoms. The van der Waals surface area contributed by atoms with Gasteiger partial charge in [0.15, 0.2) is 5.13 Å². The van der Waals surface area contributed by atoms with Crippen LogP contribution in [0.1, 0.15) is 30.2 Å². The number of carbonyl (C=O) groups is 3. The molecule has 0 unspecified atom stereocenters. The van der Waals surface area contributed by atoms with Crippen molar-refractivity contribution < 1.29 is 14.4 Å². The fourth-order valence-corrected chi connectivity index (χ4v) is 6.56. The maximum Gasteiger partial charge on any atom is 0.332 e. The lowest BCUT2D eigenvalue weighted by Crippen LogP contribution is -2.66. The summed E-state index contributed by atoms with van der Waals surface area (Å²) in [7, 11) is 0. The zero-order chi connectivity index (χ0) is 29.2. The molecule has 2 saturated heterocycles. The van der Waals surface area contributed by atoms with E-state index in [9.17, 15) is 14.4 Å². The van der Waals surface area contributed by atoms with Gasteiger partial charge in [0.1, 0.15) is 12.2 Å². The topological polar surface area (TPSA) is 144 Å². The molecule has 2 aromatic carbocycles. The highest BCUT2D eigenvalue weighted by Gasteiger charge is 2.52. The van der Waals surface area contributed by atoms with Crippen molar-refractivity contribution in [2.24, 2.45) is 0 Å². The number of amides is 4. The number of thiazole rings is 1. The summed E-state index contributed by atoms with van der Waals surface area (Å²) in [6.45, 7) is 3.33. The Morgan fingerprint density at radius 3 is 2.79 bits per heavy atom. The number of para-hydroxylation sites is 1. The lowest BCUT2D eigenvalue weighted by Gasteiger charge is -2.46. The Morgan fingerprint density at radius 2 is 2.02 bits per heavy atom. The van der Waals surface area contributed by atoms with Gasteiger partial charge in [-0.05, 0) is 23.6 Å². The van der Waals surface area contributed by atoms with E-state index in [-0.39, 0.29) is 37.4 Å². The minimum atomic E-state index is -0.753. The Morgan fingerprint density at radius 1 is 1.19 bits per heavy atom. The second kappa shape index (κ2) is 11.8. The number of hydrogen-bond acceptors (Lipinski definition) is 8. The molecule has 4 amide bonds. The number of piperazine rings is 1. The summed E-state index contributed by atoms with van der Waals surface area (Å²) < 4.78 is 0.951. The first-order valence-electron chi connectivity index (χ1n) is 14.0. The predicted octanol–water partition coefficient (Wildman–Crippen LogP) is 2.56. The highest BCUT2D eigenvalue weighted by Crippen LogP contribution is 2.32. The first-order chi connectivity index (χ1) is 20.4. The Kier molecular flexibility index (Phi) is 7.76. The van der Waals surface area contributed by atoms with Crippen LogP contribution in [0.5, 0.6) is 0 Å². The van der Waals surface area contributed by atoms with Crippen LogP contribution in [0.4, 0.5) is 9.93 Å². The summed E-state index contributed by atoms with van der Waals surface area (Å²) in [4.78, 5) is 56.2. The van der Waals surface area contributed by atoms with Gasteiger partial charge in [-0.1, -0.05) is 60.7 Å². The van der Waals surface area contributed by atoms with Gasteiger partial charge < -0.3 is 25.8 Å². The predicted molar refractivity (Wildman–Crippen MR) is 159 cm³/mol. The summed E-state index contributed by atoms with van der Waals surface area (Å²) in [6.07, 6.45) is 3.69. The van der Waals surface area contributed by atoms with Crippen LogP contribution in [0.2, 0.25) is 0 Å². The monoisotopic (exact) mass is 587 g/mol. The second-order valence-corrected chi connectivity index (χ2v) is 11.5. The van der Waals surface area contributed by atoms with Gasteiger partial charge in [-0.3, -0.25) is 14.6 Å². The van der Waals surface area contributed by atoms with Gasteiger partial charge in [0.2, 0.25) is 11.8 Å². The molecule has 2 aliphatic heterocycles. The standard InChI is InChI=1S/C29H33N9O3S/c1-2-11-36(29(41)32-13-19-7-4-3-5-8-19)37-17-25(39)38-22(12-21-14-31-18-33-21)27(40)35(16-24(37)38)15-20-9-6-10-23-26(20)34-28(30)42-23/h3-10,14,18,22,24H,2,11-13,15-17H2,1H3,(H2,30,34)(H,31,33)(H,32,41)/t22-,24+/m0/s1. The van der Waals surface area contributed by atoms with Crippen molar-refractivity contribution in [3.63, 3.8) is 0 Å². The number of fused-ring (bicyclic) bond motifs is 2. The Labute approximate surface area is 247 Å². The summed E-state index contributed by atoms with van der Waals surface area (Å²) in [5.74, 6) is -0.351. The fourth-order valence-electron chi connectivity index (χ4n) is 5.77. The molecule has 4 aromatic rings. The number of hydrazine groups is 1. The van der Waals surface area contributed by atoms with Crippen molar-refractivity contribution >= 4 is 44.5 Å². The smallest absolute Gasteiger partial charge is 0.332 e. The van der Waals surface area contributed by atoms with E-state index in [1.165, 1.54) is 11.3 Å². The second-order valence-electron chi connectivity index (χ2n) is 10.5. The number of anilines is 1. The molecule has 12 nitrogen and oxygen atoms in total. The average Bonchev–Trinajstić information content (AvgIpc) is 3.72. The van der Waals surface area contributed by atoms with Gasteiger partial charge in [-0.2, -0.15) is 5.01 Å². The number of carbonyl (C=O) groups excluding carboxylic acids is 3. The summed E-state index contributed by atoms with van der Waals surface area (Å²) in [5.41, 5.74) is 9.38. The number of benzene rings is 2. The van der Waals surface area contributed by atoms with Crippen LogP contribution in [-0.4, -0.2) is 84.5 Å². The van der Waals surface area contributed by atoms with Crippen LogP contribution < -0.4 is 11.1 Å². The van der Waals surface area contributed by atoms with E-state index in [4.69, 9.17) is 5.73 Å². The molecular weight excluding hydrogens is 554 g/mol. The molecule has 13 heteroatoms. The van der Waals surface area contributed by atoms with Crippen molar-refractivity contribution in [2.45, 2.75) is 45.1 Å². The molecule has 218 valence electrons. The average molecular weight is 588 g/mol. The molecule has 0 saturated carbocycles. The van der Waals surface area contributed by atoms with E-state index in [1.807, 2.05) is 60.5 Å². The molecule has 0 radical (unpaired) electrons. The molecule has 0 aliphatic carbocycles. The number of aromatic amines is 1. The lowest BCUT2D eigenvalue weighted by atomic mass is 10.0. The van der Waals surface area contributed by atoms with Gasteiger partial charge in [-0.15, -0.1) is 0 Å². The molecule has 2 atom stereocenters. The quantitative estimate of drug-likeness (QED) is 0.273. The highest BCUT2D eigenvalue weighted by atomic mass is 32.1. The zero-order valence-electron chi connectivity index (χ0n) is 23.3. The molecule has 0 bridgehead atoms. The third kappa shape index (κ3) is 5.40. The van der Waals surface area contributed by atoms with Gasteiger partial charge in [0, 0.05) is 37.9 Å². The summed E-state index contributed by atoms with van der Waals surface area (Å²) >= 11 is 1.40.